The highest BCUT2D eigenvalue weighted by molar-refractivity contribution is 4.86. The number of aromatic nitrogens is 2. The van der Waals surface area contributed by atoms with E-state index in [1.165, 1.54) is 0 Å². The summed E-state index contributed by atoms with van der Waals surface area (Å²) in [6.07, 6.45) is 1.91. The van der Waals surface area contributed by atoms with Crippen molar-refractivity contribution in [1.29, 1.82) is 0 Å². The Morgan fingerprint density at radius 1 is 1.33 bits per heavy atom. The van der Waals surface area contributed by atoms with Crippen LogP contribution in [0.4, 0.5) is 0 Å². The Labute approximate surface area is 89.4 Å². The molecule has 1 aromatic rings. The largest absolute Gasteiger partial charge is 0.379 e. The van der Waals surface area contributed by atoms with Crippen molar-refractivity contribution >= 4 is 0 Å². The van der Waals surface area contributed by atoms with Gasteiger partial charge in [-0.3, -0.25) is 4.90 Å². The zero-order chi connectivity index (χ0) is 10.5. The molecule has 0 N–H and O–H groups in total. The Kier molecular flexibility index (Phi) is 3.69. The first-order chi connectivity index (χ1) is 7.38. The van der Waals surface area contributed by atoms with Crippen molar-refractivity contribution < 1.29 is 9.26 Å². The van der Waals surface area contributed by atoms with Crippen LogP contribution in [0.5, 0.6) is 0 Å². The lowest BCUT2D eigenvalue weighted by Crippen LogP contribution is -2.35. The van der Waals surface area contributed by atoms with Crippen LogP contribution in [0.1, 0.15) is 25.1 Å². The summed E-state index contributed by atoms with van der Waals surface area (Å²) in [6.45, 7) is 6.40. The monoisotopic (exact) mass is 211 g/mol. The molecule has 0 radical (unpaired) electrons. The summed E-state index contributed by atoms with van der Waals surface area (Å²) in [6, 6.07) is 0. The Hall–Kier alpha value is -0.940. The minimum absolute atomic E-state index is 0.751. The molecule has 15 heavy (non-hydrogen) atoms. The minimum atomic E-state index is 0.751. The standard InChI is InChI=1S/C10H17N3O2/c1-2-3-10-11-9(12-15-10)8-13-4-6-14-7-5-13/h2-8H2,1H3. The van der Waals surface area contributed by atoms with Crippen molar-refractivity contribution in [2.45, 2.75) is 26.3 Å². The van der Waals surface area contributed by atoms with Gasteiger partial charge in [-0.1, -0.05) is 12.1 Å². The zero-order valence-corrected chi connectivity index (χ0v) is 9.11. The van der Waals surface area contributed by atoms with Crippen LogP contribution >= 0.6 is 0 Å². The van der Waals surface area contributed by atoms with E-state index in [2.05, 4.69) is 22.0 Å². The van der Waals surface area contributed by atoms with Gasteiger partial charge in [0, 0.05) is 19.5 Å². The molecule has 0 atom stereocenters. The van der Waals surface area contributed by atoms with Gasteiger partial charge in [-0.05, 0) is 6.42 Å². The SMILES string of the molecule is CCCc1nc(CN2CCOCC2)no1. The molecule has 1 aliphatic rings. The highest BCUT2D eigenvalue weighted by Crippen LogP contribution is 2.05. The molecule has 5 nitrogen and oxygen atoms in total. The minimum Gasteiger partial charge on any atom is -0.379 e. The van der Waals surface area contributed by atoms with E-state index in [4.69, 9.17) is 9.26 Å². The maximum Gasteiger partial charge on any atom is 0.226 e. The third kappa shape index (κ3) is 3.00. The maximum absolute atomic E-state index is 5.28. The average Bonchev–Trinajstić information content (AvgIpc) is 2.68. The second kappa shape index (κ2) is 5.23. The molecule has 84 valence electrons. The Morgan fingerprint density at radius 3 is 2.87 bits per heavy atom. The van der Waals surface area contributed by atoms with Gasteiger partial charge in [0.1, 0.15) is 0 Å². The van der Waals surface area contributed by atoms with Crippen molar-refractivity contribution in [3.8, 4) is 0 Å². The van der Waals surface area contributed by atoms with E-state index in [1.54, 1.807) is 0 Å². The Morgan fingerprint density at radius 2 is 2.13 bits per heavy atom. The predicted molar refractivity (Wildman–Crippen MR) is 54.4 cm³/mol. The van der Waals surface area contributed by atoms with Crippen LogP contribution in [0.3, 0.4) is 0 Å². The number of aryl methyl sites for hydroxylation is 1. The van der Waals surface area contributed by atoms with Gasteiger partial charge in [-0.15, -0.1) is 0 Å². The summed E-state index contributed by atoms with van der Waals surface area (Å²) < 4.78 is 10.4. The molecule has 0 unspecified atom stereocenters. The molecule has 0 amide bonds. The van der Waals surface area contributed by atoms with E-state index in [9.17, 15) is 0 Å². The molecular formula is C10H17N3O2. The molecule has 0 spiro atoms. The van der Waals surface area contributed by atoms with Crippen LogP contribution in [-0.2, 0) is 17.7 Å². The molecule has 2 heterocycles. The number of ether oxygens (including phenoxy) is 1. The first-order valence-electron chi connectivity index (χ1n) is 5.50. The fraction of sp³-hybridized carbons (Fsp3) is 0.800. The Balaban J connectivity index is 1.86. The van der Waals surface area contributed by atoms with Crippen LogP contribution in [0.15, 0.2) is 4.52 Å². The molecule has 1 aliphatic heterocycles. The fourth-order valence-electron chi connectivity index (χ4n) is 1.63. The molecular weight excluding hydrogens is 194 g/mol. The highest BCUT2D eigenvalue weighted by atomic mass is 16.5. The van der Waals surface area contributed by atoms with Gasteiger partial charge in [0.05, 0.1) is 19.8 Å². The first kappa shape index (κ1) is 10.6. The van der Waals surface area contributed by atoms with Gasteiger partial charge in [0.2, 0.25) is 5.89 Å². The number of rotatable bonds is 4. The van der Waals surface area contributed by atoms with Crippen molar-refractivity contribution in [2.75, 3.05) is 26.3 Å². The number of hydrogen-bond donors (Lipinski definition) is 0. The van der Waals surface area contributed by atoms with Crippen LogP contribution in [0.2, 0.25) is 0 Å². The van der Waals surface area contributed by atoms with Crippen LogP contribution in [-0.4, -0.2) is 41.3 Å². The normalized spacial score (nSPS) is 18.2. The molecule has 0 saturated carbocycles. The van der Waals surface area contributed by atoms with Gasteiger partial charge >= 0.3 is 0 Å². The quantitative estimate of drug-likeness (QED) is 0.739. The Bertz CT molecular complexity index is 295. The molecule has 0 aromatic carbocycles. The van der Waals surface area contributed by atoms with Crippen molar-refractivity contribution in [3.63, 3.8) is 0 Å². The second-order valence-electron chi connectivity index (χ2n) is 3.74. The number of nitrogens with zero attached hydrogens (tertiary/aromatic N) is 3. The average molecular weight is 211 g/mol. The first-order valence-corrected chi connectivity index (χ1v) is 5.50. The highest BCUT2D eigenvalue weighted by Gasteiger charge is 2.14. The number of morpholine rings is 1. The van der Waals surface area contributed by atoms with E-state index in [-0.39, 0.29) is 0 Å². The molecule has 1 fully saturated rings. The van der Waals surface area contributed by atoms with Gasteiger partial charge in [-0.25, -0.2) is 0 Å². The van der Waals surface area contributed by atoms with E-state index >= 15 is 0 Å². The topological polar surface area (TPSA) is 51.4 Å². The smallest absolute Gasteiger partial charge is 0.226 e. The maximum atomic E-state index is 5.28. The lowest BCUT2D eigenvalue weighted by Gasteiger charge is -2.24. The summed E-state index contributed by atoms with van der Waals surface area (Å²) in [5.74, 6) is 1.54. The van der Waals surface area contributed by atoms with E-state index in [1.807, 2.05) is 0 Å². The zero-order valence-electron chi connectivity index (χ0n) is 9.11. The van der Waals surface area contributed by atoms with Gasteiger partial charge in [0.25, 0.3) is 0 Å². The predicted octanol–water partition coefficient (Wildman–Crippen LogP) is 0.854. The number of hydrogen-bond acceptors (Lipinski definition) is 5. The van der Waals surface area contributed by atoms with Crippen molar-refractivity contribution in [2.24, 2.45) is 0 Å². The molecule has 5 heteroatoms. The molecule has 0 aliphatic carbocycles. The van der Waals surface area contributed by atoms with Crippen LogP contribution in [0.25, 0.3) is 0 Å². The van der Waals surface area contributed by atoms with Gasteiger partial charge in [0.15, 0.2) is 5.82 Å². The third-order valence-corrected chi connectivity index (χ3v) is 2.44. The van der Waals surface area contributed by atoms with E-state index in [0.717, 1.165) is 57.4 Å². The van der Waals surface area contributed by atoms with E-state index in [0.29, 0.717) is 0 Å². The fourth-order valence-corrected chi connectivity index (χ4v) is 1.63. The molecule has 0 bridgehead atoms. The van der Waals surface area contributed by atoms with Crippen LogP contribution in [0, 0.1) is 0 Å². The lowest BCUT2D eigenvalue weighted by atomic mass is 10.3. The van der Waals surface area contributed by atoms with E-state index < -0.39 is 0 Å². The molecule has 1 aromatic heterocycles. The molecule has 2 rings (SSSR count). The van der Waals surface area contributed by atoms with Crippen LogP contribution < -0.4 is 0 Å². The lowest BCUT2D eigenvalue weighted by molar-refractivity contribution is 0.0327. The molecule has 1 saturated heterocycles. The summed E-state index contributed by atoms with van der Waals surface area (Å²) in [4.78, 5) is 6.62. The summed E-state index contributed by atoms with van der Waals surface area (Å²) in [5.41, 5.74) is 0. The second-order valence-corrected chi connectivity index (χ2v) is 3.74. The third-order valence-electron chi connectivity index (χ3n) is 2.44. The van der Waals surface area contributed by atoms with Gasteiger partial charge < -0.3 is 9.26 Å². The summed E-state index contributed by atoms with van der Waals surface area (Å²) in [5, 5.41) is 3.96. The van der Waals surface area contributed by atoms with Gasteiger partial charge in [-0.2, -0.15) is 4.98 Å². The summed E-state index contributed by atoms with van der Waals surface area (Å²) in [7, 11) is 0. The van der Waals surface area contributed by atoms with Crippen molar-refractivity contribution in [1.82, 2.24) is 15.0 Å². The summed E-state index contributed by atoms with van der Waals surface area (Å²) >= 11 is 0. The van der Waals surface area contributed by atoms with Crippen molar-refractivity contribution in [3.05, 3.63) is 11.7 Å².